The van der Waals surface area contributed by atoms with Gasteiger partial charge in [-0.3, -0.25) is 9.59 Å². The van der Waals surface area contributed by atoms with E-state index in [-0.39, 0.29) is 11.8 Å². The molecule has 5 heteroatoms. The monoisotopic (exact) mass is 276 g/mol. The molecule has 1 aromatic carbocycles. The number of ether oxygens (including phenoxy) is 1. The summed E-state index contributed by atoms with van der Waals surface area (Å²) in [5.41, 5.74) is 5.34. The van der Waals surface area contributed by atoms with E-state index >= 15 is 0 Å². The Morgan fingerprint density at radius 3 is 2.75 bits per heavy atom. The summed E-state index contributed by atoms with van der Waals surface area (Å²) in [5, 5.41) is 0. The van der Waals surface area contributed by atoms with Crippen molar-refractivity contribution >= 4 is 11.8 Å². The quantitative estimate of drug-likeness (QED) is 0.848. The summed E-state index contributed by atoms with van der Waals surface area (Å²) < 4.78 is 5.67. The number of likely N-dealkylation sites (tertiary alicyclic amines) is 1. The van der Waals surface area contributed by atoms with Crippen molar-refractivity contribution in [2.45, 2.75) is 25.8 Å². The van der Waals surface area contributed by atoms with Gasteiger partial charge in [0.2, 0.25) is 11.8 Å². The Labute approximate surface area is 118 Å². The molecule has 2 rings (SSSR count). The number of benzene rings is 1. The maximum Gasteiger partial charge on any atom is 0.240 e. The maximum absolute atomic E-state index is 12.0. The van der Waals surface area contributed by atoms with E-state index in [0.717, 1.165) is 5.75 Å². The average molecular weight is 276 g/mol. The number of hydrogen-bond acceptors (Lipinski definition) is 3. The highest BCUT2D eigenvalue weighted by atomic mass is 16.5. The summed E-state index contributed by atoms with van der Waals surface area (Å²) >= 11 is 0. The summed E-state index contributed by atoms with van der Waals surface area (Å²) in [4.78, 5) is 24.9. The lowest BCUT2D eigenvalue weighted by atomic mass is 10.1. The fraction of sp³-hybridized carbons (Fsp3) is 0.467. The van der Waals surface area contributed by atoms with Gasteiger partial charge in [0, 0.05) is 18.9 Å². The number of primary amides is 1. The number of para-hydroxylation sites is 1. The molecule has 1 aromatic rings. The van der Waals surface area contributed by atoms with E-state index in [1.807, 2.05) is 37.3 Å². The van der Waals surface area contributed by atoms with E-state index in [1.54, 1.807) is 4.90 Å². The Kier molecular flexibility index (Phi) is 4.61. The van der Waals surface area contributed by atoms with Crippen LogP contribution in [0.25, 0.3) is 0 Å². The van der Waals surface area contributed by atoms with Crippen LogP contribution in [-0.2, 0) is 9.59 Å². The predicted molar refractivity (Wildman–Crippen MR) is 75.0 cm³/mol. The third kappa shape index (κ3) is 3.29. The van der Waals surface area contributed by atoms with Crippen molar-refractivity contribution in [1.82, 2.24) is 4.90 Å². The van der Waals surface area contributed by atoms with Crippen LogP contribution in [-0.4, -0.2) is 35.9 Å². The van der Waals surface area contributed by atoms with Gasteiger partial charge >= 0.3 is 0 Å². The summed E-state index contributed by atoms with van der Waals surface area (Å²) in [6.07, 6.45) is 0.962. The minimum absolute atomic E-state index is 0.0164. The van der Waals surface area contributed by atoms with Gasteiger partial charge in [-0.2, -0.15) is 0 Å². The molecule has 2 atom stereocenters. The standard InChI is InChI=1S/C15H20N2O3/c1-2-13(15(16)19)17-9-11(8-14(17)18)10-20-12-6-4-3-5-7-12/h3-7,11,13H,2,8-10H2,1H3,(H2,16,19)/t11?,13-/m0/s1. The van der Waals surface area contributed by atoms with Gasteiger partial charge in [-0.15, -0.1) is 0 Å². The summed E-state index contributed by atoms with van der Waals surface area (Å²) in [6, 6.07) is 9.00. The Bertz CT molecular complexity index is 475. The second-order valence-corrected chi connectivity index (χ2v) is 5.07. The first-order valence-electron chi connectivity index (χ1n) is 6.88. The minimum atomic E-state index is -0.496. The van der Waals surface area contributed by atoms with Gasteiger partial charge in [0.25, 0.3) is 0 Å². The van der Waals surface area contributed by atoms with Crippen LogP contribution < -0.4 is 10.5 Å². The van der Waals surface area contributed by atoms with Gasteiger partial charge in [0.1, 0.15) is 11.8 Å². The molecule has 0 bridgehead atoms. The Balaban J connectivity index is 1.90. The molecule has 0 saturated carbocycles. The van der Waals surface area contributed by atoms with Crippen LogP contribution >= 0.6 is 0 Å². The smallest absolute Gasteiger partial charge is 0.240 e. The first kappa shape index (κ1) is 14.4. The molecule has 20 heavy (non-hydrogen) atoms. The van der Waals surface area contributed by atoms with Gasteiger partial charge in [-0.1, -0.05) is 25.1 Å². The molecule has 5 nitrogen and oxygen atoms in total. The maximum atomic E-state index is 12.0. The number of carbonyl (C=O) groups is 2. The van der Waals surface area contributed by atoms with Gasteiger partial charge < -0.3 is 15.4 Å². The third-order valence-corrected chi connectivity index (χ3v) is 3.56. The highest BCUT2D eigenvalue weighted by molar-refractivity contribution is 5.87. The van der Waals surface area contributed by atoms with Crippen LogP contribution in [0, 0.1) is 5.92 Å². The highest BCUT2D eigenvalue weighted by Crippen LogP contribution is 2.22. The molecule has 2 amide bonds. The lowest BCUT2D eigenvalue weighted by Crippen LogP contribution is -2.45. The van der Waals surface area contributed by atoms with Crippen LogP contribution in [0.3, 0.4) is 0 Å². The second kappa shape index (κ2) is 6.41. The summed E-state index contributed by atoms with van der Waals surface area (Å²) in [6.45, 7) is 2.87. The van der Waals surface area contributed by atoms with Crippen molar-refractivity contribution in [3.05, 3.63) is 30.3 Å². The number of nitrogens with zero attached hydrogens (tertiary/aromatic N) is 1. The number of rotatable bonds is 6. The van der Waals surface area contributed by atoms with Gasteiger partial charge in [-0.25, -0.2) is 0 Å². The Morgan fingerprint density at radius 2 is 2.15 bits per heavy atom. The van der Waals surface area contributed by atoms with Crippen molar-refractivity contribution in [2.75, 3.05) is 13.2 Å². The number of nitrogens with two attached hydrogens (primary N) is 1. The van der Waals surface area contributed by atoms with E-state index in [9.17, 15) is 9.59 Å². The molecule has 0 radical (unpaired) electrons. The first-order chi connectivity index (χ1) is 9.61. The average Bonchev–Trinajstić information content (AvgIpc) is 2.79. The zero-order chi connectivity index (χ0) is 14.5. The number of carbonyl (C=O) groups excluding carboxylic acids is 2. The lowest BCUT2D eigenvalue weighted by molar-refractivity contribution is -0.136. The third-order valence-electron chi connectivity index (χ3n) is 3.56. The van der Waals surface area contributed by atoms with E-state index in [0.29, 0.717) is 26.0 Å². The SMILES string of the molecule is CC[C@@H](C(N)=O)N1CC(COc2ccccc2)CC1=O. The fourth-order valence-electron chi connectivity index (χ4n) is 2.53. The van der Waals surface area contributed by atoms with Crippen LogP contribution in [0.1, 0.15) is 19.8 Å². The van der Waals surface area contributed by atoms with Crippen LogP contribution in [0.15, 0.2) is 30.3 Å². The number of amides is 2. The molecule has 1 aliphatic heterocycles. The normalized spacial score (nSPS) is 19.9. The zero-order valence-corrected chi connectivity index (χ0v) is 11.6. The van der Waals surface area contributed by atoms with Crippen molar-refractivity contribution < 1.29 is 14.3 Å². The van der Waals surface area contributed by atoms with Crippen LogP contribution in [0.5, 0.6) is 5.75 Å². The molecule has 1 unspecified atom stereocenters. The molecule has 1 heterocycles. The van der Waals surface area contributed by atoms with Crippen molar-refractivity contribution in [2.24, 2.45) is 11.7 Å². The zero-order valence-electron chi connectivity index (χ0n) is 11.6. The summed E-state index contributed by atoms with van der Waals surface area (Å²) in [7, 11) is 0. The molecule has 1 fully saturated rings. The Hall–Kier alpha value is -2.04. The number of hydrogen-bond donors (Lipinski definition) is 1. The Morgan fingerprint density at radius 1 is 1.45 bits per heavy atom. The largest absolute Gasteiger partial charge is 0.493 e. The van der Waals surface area contributed by atoms with Gasteiger partial charge in [0.15, 0.2) is 0 Å². The molecule has 0 spiro atoms. The van der Waals surface area contributed by atoms with E-state index < -0.39 is 11.9 Å². The topological polar surface area (TPSA) is 72.6 Å². The molecule has 108 valence electrons. The van der Waals surface area contributed by atoms with Crippen LogP contribution in [0.4, 0.5) is 0 Å². The van der Waals surface area contributed by atoms with E-state index in [2.05, 4.69) is 0 Å². The molecule has 0 aliphatic carbocycles. The summed E-state index contributed by atoms with van der Waals surface area (Å²) in [5.74, 6) is 0.444. The van der Waals surface area contributed by atoms with E-state index in [1.165, 1.54) is 0 Å². The van der Waals surface area contributed by atoms with Crippen LogP contribution in [0.2, 0.25) is 0 Å². The second-order valence-electron chi connectivity index (χ2n) is 5.07. The highest BCUT2D eigenvalue weighted by Gasteiger charge is 2.36. The molecular weight excluding hydrogens is 256 g/mol. The molecule has 1 saturated heterocycles. The van der Waals surface area contributed by atoms with Crippen molar-refractivity contribution in [3.63, 3.8) is 0 Å². The molecule has 0 aromatic heterocycles. The predicted octanol–water partition coefficient (Wildman–Crippen LogP) is 1.18. The van der Waals surface area contributed by atoms with Crippen molar-refractivity contribution in [1.29, 1.82) is 0 Å². The fourth-order valence-corrected chi connectivity index (χ4v) is 2.53. The first-order valence-corrected chi connectivity index (χ1v) is 6.88. The van der Waals surface area contributed by atoms with Crippen molar-refractivity contribution in [3.8, 4) is 5.75 Å². The van der Waals surface area contributed by atoms with E-state index in [4.69, 9.17) is 10.5 Å². The van der Waals surface area contributed by atoms with Gasteiger partial charge in [-0.05, 0) is 18.6 Å². The molecular formula is C15H20N2O3. The van der Waals surface area contributed by atoms with Gasteiger partial charge in [0.05, 0.1) is 6.61 Å². The molecule has 1 aliphatic rings. The lowest BCUT2D eigenvalue weighted by Gasteiger charge is -2.24. The minimum Gasteiger partial charge on any atom is -0.493 e. The molecule has 2 N–H and O–H groups in total.